The summed E-state index contributed by atoms with van der Waals surface area (Å²) in [7, 11) is 0. The first-order valence-electron chi connectivity index (χ1n) is 6.74. The Morgan fingerprint density at radius 2 is 2.29 bits per heavy atom. The fraction of sp³-hybridized carbons (Fsp3) is 0.429. The van der Waals surface area contributed by atoms with Crippen molar-refractivity contribution in [2.75, 3.05) is 5.75 Å². The largest absolute Gasteiger partial charge is 0.481 e. The number of thioether (sulfide) groups is 1. The highest BCUT2D eigenvalue weighted by Crippen LogP contribution is 2.35. The Kier molecular flexibility index (Phi) is 4.08. The van der Waals surface area contributed by atoms with Crippen molar-refractivity contribution in [3.63, 3.8) is 0 Å². The minimum Gasteiger partial charge on any atom is -0.481 e. The van der Waals surface area contributed by atoms with Crippen LogP contribution in [0.25, 0.3) is 11.0 Å². The van der Waals surface area contributed by atoms with Gasteiger partial charge in [0.25, 0.3) is 0 Å². The number of carboxylic acids is 1. The van der Waals surface area contributed by atoms with Crippen molar-refractivity contribution >= 4 is 40.4 Å². The van der Waals surface area contributed by atoms with E-state index in [1.54, 1.807) is 6.07 Å². The van der Waals surface area contributed by atoms with E-state index in [0.29, 0.717) is 10.7 Å². The summed E-state index contributed by atoms with van der Waals surface area (Å²) >= 11 is 7.01. The Morgan fingerprint density at radius 1 is 1.52 bits per heavy atom. The number of benzene rings is 1. The second-order valence-corrected chi connectivity index (χ2v) is 6.57. The number of hydrogen-bond acceptors (Lipinski definition) is 3. The SMILES string of the molecule is O=C(O)CSc1nc2cc(F)c(Cl)cc2n1CCC1CC1. The van der Waals surface area contributed by atoms with E-state index in [-0.39, 0.29) is 10.8 Å². The number of imidazole rings is 1. The molecule has 1 N–H and O–H groups in total. The number of fused-ring (bicyclic) bond motifs is 1. The lowest BCUT2D eigenvalue weighted by atomic mass is 10.2. The van der Waals surface area contributed by atoms with Crippen LogP contribution in [0.4, 0.5) is 4.39 Å². The summed E-state index contributed by atoms with van der Waals surface area (Å²) < 4.78 is 15.5. The molecule has 0 aliphatic heterocycles. The average Bonchev–Trinajstić information content (AvgIpc) is 3.19. The van der Waals surface area contributed by atoms with Gasteiger partial charge in [-0.2, -0.15) is 0 Å². The fourth-order valence-corrected chi connectivity index (χ4v) is 3.19. The third-order valence-corrected chi connectivity index (χ3v) is 4.79. The van der Waals surface area contributed by atoms with Gasteiger partial charge in [-0.25, -0.2) is 9.37 Å². The molecule has 0 unspecified atom stereocenters. The second-order valence-electron chi connectivity index (χ2n) is 5.22. The highest BCUT2D eigenvalue weighted by atomic mass is 35.5. The van der Waals surface area contributed by atoms with Gasteiger partial charge < -0.3 is 9.67 Å². The molecule has 1 fully saturated rings. The number of halogens is 2. The summed E-state index contributed by atoms with van der Waals surface area (Å²) in [6, 6.07) is 2.87. The maximum absolute atomic E-state index is 13.5. The molecular formula is C14H14ClFN2O2S. The highest BCUT2D eigenvalue weighted by Gasteiger charge is 2.22. The molecule has 0 bridgehead atoms. The summed E-state index contributed by atoms with van der Waals surface area (Å²) in [5, 5.41) is 9.48. The van der Waals surface area contributed by atoms with Crippen LogP contribution in [0, 0.1) is 11.7 Å². The molecular weight excluding hydrogens is 315 g/mol. The van der Waals surface area contributed by atoms with Crippen molar-refractivity contribution in [1.82, 2.24) is 9.55 Å². The number of aryl methyl sites for hydroxylation is 1. The Hall–Kier alpha value is -1.27. The van der Waals surface area contributed by atoms with Crippen molar-refractivity contribution in [3.8, 4) is 0 Å². The van der Waals surface area contributed by atoms with E-state index in [9.17, 15) is 9.18 Å². The number of rotatable bonds is 6. The van der Waals surface area contributed by atoms with Gasteiger partial charge in [-0.3, -0.25) is 4.79 Å². The minimum atomic E-state index is -0.898. The van der Waals surface area contributed by atoms with E-state index in [0.717, 1.165) is 36.2 Å². The summed E-state index contributed by atoms with van der Waals surface area (Å²) in [6.07, 6.45) is 3.53. The lowest BCUT2D eigenvalue weighted by Gasteiger charge is -2.08. The van der Waals surface area contributed by atoms with Gasteiger partial charge in [0.2, 0.25) is 0 Å². The van der Waals surface area contributed by atoms with Crippen molar-refractivity contribution in [3.05, 3.63) is 23.0 Å². The number of aromatic nitrogens is 2. The number of nitrogens with zero attached hydrogens (tertiary/aromatic N) is 2. The fourth-order valence-electron chi connectivity index (χ4n) is 2.27. The van der Waals surface area contributed by atoms with E-state index >= 15 is 0 Å². The van der Waals surface area contributed by atoms with Crippen LogP contribution in [-0.4, -0.2) is 26.4 Å². The molecule has 2 aromatic rings. The minimum absolute atomic E-state index is 0.0601. The molecule has 0 amide bonds. The molecule has 1 aliphatic rings. The number of carboxylic acid groups (broad SMARTS) is 1. The normalized spacial score (nSPS) is 14.8. The molecule has 3 rings (SSSR count). The zero-order valence-electron chi connectivity index (χ0n) is 11.2. The van der Waals surface area contributed by atoms with Crippen molar-refractivity contribution < 1.29 is 14.3 Å². The van der Waals surface area contributed by atoms with Crippen molar-refractivity contribution in [1.29, 1.82) is 0 Å². The Morgan fingerprint density at radius 3 is 2.95 bits per heavy atom. The first-order chi connectivity index (χ1) is 10.0. The maximum Gasteiger partial charge on any atom is 0.313 e. The summed E-state index contributed by atoms with van der Waals surface area (Å²) in [6.45, 7) is 0.755. The van der Waals surface area contributed by atoms with E-state index < -0.39 is 11.8 Å². The summed E-state index contributed by atoms with van der Waals surface area (Å²) in [4.78, 5) is 15.1. The molecule has 0 atom stereocenters. The number of hydrogen-bond donors (Lipinski definition) is 1. The molecule has 1 aromatic carbocycles. The molecule has 1 heterocycles. The molecule has 1 saturated carbocycles. The first-order valence-corrected chi connectivity index (χ1v) is 8.11. The van der Waals surface area contributed by atoms with Crippen LogP contribution in [0.2, 0.25) is 5.02 Å². The third-order valence-electron chi connectivity index (χ3n) is 3.54. The monoisotopic (exact) mass is 328 g/mol. The molecule has 7 heteroatoms. The van der Waals surface area contributed by atoms with Gasteiger partial charge in [-0.1, -0.05) is 36.2 Å². The number of carbonyl (C=O) groups is 1. The van der Waals surface area contributed by atoms with Crippen LogP contribution in [0.15, 0.2) is 17.3 Å². The van der Waals surface area contributed by atoms with Crippen LogP contribution >= 0.6 is 23.4 Å². The highest BCUT2D eigenvalue weighted by molar-refractivity contribution is 7.99. The lowest BCUT2D eigenvalue weighted by molar-refractivity contribution is -0.133. The molecule has 21 heavy (non-hydrogen) atoms. The predicted octanol–water partition coefficient (Wildman–Crippen LogP) is 3.81. The maximum atomic E-state index is 13.5. The van der Waals surface area contributed by atoms with Crippen molar-refractivity contribution in [2.24, 2.45) is 5.92 Å². The molecule has 4 nitrogen and oxygen atoms in total. The van der Waals surface area contributed by atoms with Gasteiger partial charge >= 0.3 is 5.97 Å². The van der Waals surface area contributed by atoms with Crippen LogP contribution < -0.4 is 0 Å². The Bertz CT molecular complexity index is 700. The summed E-state index contributed by atoms with van der Waals surface area (Å²) in [5.74, 6) is -0.727. The molecule has 1 aliphatic carbocycles. The summed E-state index contributed by atoms with van der Waals surface area (Å²) in [5.41, 5.74) is 1.27. The molecule has 0 spiro atoms. The third kappa shape index (κ3) is 3.32. The topological polar surface area (TPSA) is 55.1 Å². The van der Waals surface area contributed by atoms with Gasteiger partial charge in [-0.15, -0.1) is 0 Å². The van der Waals surface area contributed by atoms with E-state index in [4.69, 9.17) is 16.7 Å². The lowest BCUT2D eigenvalue weighted by Crippen LogP contribution is -2.04. The van der Waals surface area contributed by atoms with E-state index in [1.165, 1.54) is 18.9 Å². The molecule has 112 valence electrons. The zero-order valence-corrected chi connectivity index (χ0v) is 12.8. The van der Waals surface area contributed by atoms with E-state index in [2.05, 4.69) is 4.98 Å². The Balaban J connectivity index is 1.96. The average molecular weight is 329 g/mol. The van der Waals surface area contributed by atoms with Gasteiger partial charge in [-0.05, 0) is 18.4 Å². The smallest absolute Gasteiger partial charge is 0.313 e. The molecule has 0 saturated heterocycles. The Labute approximate surface area is 130 Å². The molecule has 1 aromatic heterocycles. The van der Waals surface area contributed by atoms with Gasteiger partial charge in [0, 0.05) is 12.6 Å². The quantitative estimate of drug-likeness (QED) is 0.819. The van der Waals surface area contributed by atoms with Crippen LogP contribution in [0.5, 0.6) is 0 Å². The van der Waals surface area contributed by atoms with Crippen LogP contribution in [0.3, 0.4) is 0 Å². The van der Waals surface area contributed by atoms with Crippen LogP contribution in [-0.2, 0) is 11.3 Å². The van der Waals surface area contributed by atoms with Crippen molar-refractivity contribution in [2.45, 2.75) is 31.0 Å². The second kappa shape index (κ2) is 5.85. The van der Waals surface area contributed by atoms with Gasteiger partial charge in [0.1, 0.15) is 5.82 Å². The van der Waals surface area contributed by atoms with Crippen LogP contribution in [0.1, 0.15) is 19.3 Å². The van der Waals surface area contributed by atoms with E-state index in [1.807, 2.05) is 4.57 Å². The standard InChI is InChI=1S/C14H14ClFN2O2S/c15-9-5-12-11(6-10(9)16)17-14(21-7-13(19)20)18(12)4-3-8-1-2-8/h5-6,8H,1-4,7H2,(H,19,20). The first kappa shape index (κ1) is 14.7. The van der Waals surface area contributed by atoms with Gasteiger partial charge in [0.15, 0.2) is 5.16 Å². The predicted molar refractivity (Wildman–Crippen MR) is 80.4 cm³/mol. The molecule has 0 radical (unpaired) electrons. The number of aliphatic carboxylic acids is 1. The van der Waals surface area contributed by atoms with Gasteiger partial charge in [0.05, 0.1) is 21.8 Å². The zero-order chi connectivity index (χ0) is 15.0.